The second-order valence-corrected chi connectivity index (χ2v) is 12.7. The lowest BCUT2D eigenvalue weighted by Gasteiger charge is -2.22. The van der Waals surface area contributed by atoms with Crippen molar-refractivity contribution in [1.82, 2.24) is 0 Å². The van der Waals surface area contributed by atoms with Gasteiger partial charge in [-0.1, -0.05) is 36.4 Å². The number of nitrogens with zero attached hydrogens (tertiary/aromatic N) is 3. The van der Waals surface area contributed by atoms with Gasteiger partial charge >= 0.3 is 5.97 Å². The topological polar surface area (TPSA) is 128 Å². The lowest BCUT2D eigenvalue weighted by atomic mass is 10.1. The molecule has 4 aromatic rings. The number of anilines is 3. The maximum Gasteiger partial charge on any atom is 0.330 e. The van der Waals surface area contributed by atoms with Gasteiger partial charge < -0.3 is 33.9 Å². The number of carbonyl (C=O) groups is 3. The number of fused-ring (bicyclic) bond motifs is 5. The molecule has 0 spiro atoms. The molecule has 0 saturated carbocycles. The third-order valence-electron chi connectivity index (χ3n) is 9.51. The van der Waals surface area contributed by atoms with E-state index in [9.17, 15) is 14.4 Å². The predicted molar refractivity (Wildman–Crippen MR) is 202 cm³/mol. The molecular weight excluding hydrogens is 676 g/mol. The number of hydrogen-bond donors (Lipinski definition) is 1. The molecule has 272 valence electrons. The fourth-order valence-corrected chi connectivity index (χ4v) is 6.92. The number of para-hydroxylation sites is 2. The molecule has 7 rings (SSSR count). The first-order valence-electron chi connectivity index (χ1n) is 17.4. The largest absolute Gasteiger partial charge is 0.493 e. The monoisotopic (exact) mass is 716 g/mol. The van der Waals surface area contributed by atoms with Gasteiger partial charge in [-0.25, -0.2) is 4.79 Å². The highest BCUT2D eigenvalue weighted by Crippen LogP contribution is 2.41. The van der Waals surface area contributed by atoms with Crippen molar-refractivity contribution >= 4 is 46.7 Å². The van der Waals surface area contributed by atoms with Gasteiger partial charge in [0.25, 0.3) is 11.8 Å². The molecule has 0 saturated heterocycles. The summed E-state index contributed by atoms with van der Waals surface area (Å²) in [6.07, 6.45) is 4.54. The molecule has 1 N–H and O–H groups in total. The summed E-state index contributed by atoms with van der Waals surface area (Å²) < 4.78 is 28.7. The minimum absolute atomic E-state index is 0.0796. The Morgan fingerprint density at radius 1 is 0.868 bits per heavy atom. The number of nitrogens with one attached hydrogen (secondary N) is 1. The predicted octanol–water partition coefficient (Wildman–Crippen LogP) is 6.18. The SMILES string of the molecule is CCNc1cc(OC/C(=C\C(=O)OC)COc2cc3c(cc2OC)C(=O)N2c4ccccc4C[C@H]2C=N3)c(OC)cc1C(=O)N1CCc2ccccc21. The molecule has 0 unspecified atom stereocenters. The van der Waals surface area contributed by atoms with Crippen LogP contribution in [-0.2, 0) is 22.4 Å². The molecule has 3 heterocycles. The zero-order chi connectivity index (χ0) is 37.1. The number of methoxy groups -OCH3 is 3. The van der Waals surface area contributed by atoms with Crippen molar-refractivity contribution in [3.05, 3.63) is 107 Å². The van der Waals surface area contributed by atoms with E-state index in [1.54, 1.807) is 40.3 Å². The van der Waals surface area contributed by atoms with E-state index in [-0.39, 0.29) is 31.1 Å². The van der Waals surface area contributed by atoms with Crippen LogP contribution in [0.2, 0.25) is 0 Å². The highest BCUT2D eigenvalue weighted by atomic mass is 16.5. The summed E-state index contributed by atoms with van der Waals surface area (Å²) >= 11 is 0. The van der Waals surface area contributed by atoms with Gasteiger partial charge in [0.2, 0.25) is 0 Å². The van der Waals surface area contributed by atoms with Crippen molar-refractivity contribution in [2.45, 2.75) is 25.8 Å². The van der Waals surface area contributed by atoms with Crippen LogP contribution in [0.1, 0.15) is 38.8 Å². The molecule has 3 aliphatic rings. The third-order valence-corrected chi connectivity index (χ3v) is 9.51. The van der Waals surface area contributed by atoms with E-state index in [1.165, 1.54) is 27.4 Å². The first-order valence-corrected chi connectivity index (χ1v) is 17.4. The van der Waals surface area contributed by atoms with Crippen LogP contribution >= 0.6 is 0 Å². The molecular formula is C41H40N4O8. The number of hydrogen-bond acceptors (Lipinski definition) is 10. The van der Waals surface area contributed by atoms with Gasteiger partial charge in [0.1, 0.15) is 13.2 Å². The lowest BCUT2D eigenvalue weighted by molar-refractivity contribution is -0.134. The Labute approximate surface area is 307 Å². The number of ether oxygens (including phenoxy) is 5. The molecule has 53 heavy (non-hydrogen) atoms. The Hall–Kier alpha value is -6.30. The average molecular weight is 717 g/mol. The summed E-state index contributed by atoms with van der Waals surface area (Å²) in [7, 11) is 4.28. The zero-order valence-electron chi connectivity index (χ0n) is 30.0. The standard InChI is InChI=1S/C41H40N4O8/c1-5-42-31-20-37(35(49-2)18-29(31)40(47)44-15-14-26-10-6-8-12-33(26)44)52-23-25(16-39(46)51-4)24-53-38-21-32-30(19-36(38)50-3)41(48)45-28(22-43-32)17-27-11-7-9-13-34(27)45/h6-13,16,18-22,28,42H,5,14-15,17,23-24H2,1-4H3/b25-16+/t28-/m0/s1. The van der Waals surface area contributed by atoms with Crippen molar-refractivity contribution in [3.63, 3.8) is 0 Å². The number of esters is 1. The molecule has 12 nitrogen and oxygen atoms in total. The molecule has 4 aromatic carbocycles. The fraction of sp³-hybridized carbons (Fsp3) is 0.268. The smallest absolute Gasteiger partial charge is 0.330 e. The van der Waals surface area contributed by atoms with Crippen LogP contribution in [0.3, 0.4) is 0 Å². The summed E-state index contributed by atoms with van der Waals surface area (Å²) in [5, 5.41) is 3.29. The molecule has 12 heteroatoms. The average Bonchev–Trinajstić information content (AvgIpc) is 3.76. The van der Waals surface area contributed by atoms with Gasteiger partial charge in [0.05, 0.1) is 49.9 Å². The number of amides is 2. The van der Waals surface area contributed by atoms with Crippen LogP contribution in [-0.4, -0.2) is 77.7 Å². The number of rotatable bonds is 12. The summed E-state index contributed by atoms with van der Waals surface area (Å²) in [4.78, 5) is 48.4. The zero-order valence-corrected chi connectivity index (χ0v) is 30.0. The number of carbonyl (C=O) groups excluding carboxylic acids is 3. The van der Waals surface area contributed by atoms with Crippen LogP contribution < -0.4 is 34.1 Å². The van der Waals surface area contributed by atoms with Gasteiger partial charge in [0, 0.05) is 60.9 Å². The van der Waals surface area contributed by atoms with E-state index in [2.05, 4.69) is 10.3 Å². The molecule has 1 atom stereocenters. The summed E-state index contributed by atoms with van der Waals surface area (Å²) in [6, 6.07) is 22.2. The Kier molecular flexibility index (Phi) is 10.0. The number of aliphatic imine (C=N–C) groups is 1. The Balaban J connectivity index is 1.11. The quantitative estimate of drug-likeness (QED) is 0.135. The highest BCUT2D eigenvalue weighted by molar-refractivity contribution is 6.15. The third kappa shape index (κ3) is 6.87. The second kappa shape index (κ2) is 15.1. The molecule has 0 aromatic heterocycles. The van der Waals surface area contributed by atoms with E-state index in [0.717, 1.165) is 28.9 Å². The molecule has 3 aliphatic heterocycles. The Bertz CT molecular complexity index is 2140. The minimum atomic E-state index is -0.593. The van der Waals surface area contributed by atoms with E-state index < -0.39 is 5.97 Å². The highest BCUT2D eigenvalue weighted by Gasteiger charge is 2.36. The van der Waals surface area contributed by atoms with Gasteiger partial charge in [0.15, 0.2) is 23.0 Å². The molecule has 2 amide bonds. The molecule has 0 aliphatic carbocycles. The summed E-state index contributed by atoms with van der Waals surface area (Å²) in [6.45, 7) is 2.92. The van der Waals surface area contributed by atoms with Crippen LogP contribution in [0.25, 0.3) is 0 Å². The summed E-state index contributed by atoms with van der Waals surface area (Å²) in [5.41, 5.74) is 6.28. The van der Waals surface area contributed by atoms with Crippen molar-refractivity contribution in [1.29, 1.82) is 0 Å². The van der Waals surface area contributed by atoms with Crippen LogP contribution in [0, 0.1) is 0 Å². The van der Waals surface area contributed by atoms with Crippen molar-refractivity contribution < 1.29 is 38.1 Å². The first-order chi connectivity index (χ1) is 25.8. The van der Waals surface area contributed by atoms with Crippen LogP contribution in [0.5, 0.6) is 23.0 Å². The Morgan fingerprint density at radius 2 is 1.55 bits per heavy atom. The number of benzene rings is 4. The summed E-state index contributed by atoms with van der Waals surface area (Å²) in [5.74, 6) is 0.433. The van der Waals surface area contributed by atoms with Gasteiger partial charge in [-0.05, 0) is 48.7 Å². The van der Waals surface area contributed by atoms with Gasteiger partial charge in [-0.3, -0.25) is 19.5 Å². The fourth-order valence-electron chi connectivity index (χ4n) is 6.92. The maximum absolute atomic E-state index is 13.9. The second-order valence-electron chi connectivity index (χ2n) is 12.7. The molecule has 0 bridgehead atoms. The minimum Gasteiger partial charge on any atom is -0.493 e. The van der Waals surface area contributed by atoms with Crippen LogP contribution in [0.15, 0.2) is 89.4 Å². The van der Waals surface area contributed by atoms with E-state index in [0.29, 0.717) is 70.6 Å². The maximum atomic E-state index is 13.9. The van der Waals surface area contributed by atoms with E-state index >= 15 is 0 Å². The van der Waals surface area contributed by atoms with E-state index in [1.807, 2.05) is 55.5 Å². The normalized spacial score (nSPS) is 15.5. The van der Waals surface area contributed by atoms with Gasteiger partial charge in [-0.15, -0.1) is 0 Å². The van der Waals surface area contributed by atoms with Crippen molar-refractivity contribution in [2.75, 3.05) is 62.7 Å². The first kappa shape index (κ1) is 35.1. The van der Waals surface area contributed by atoms with Crippen molar-refractivity contribution in [3.8, 4) is 23.0 Å². The lowest BCUT2D eigenvalue weighted by Crippen LogP contribution is -2.37. The van der Waals surface area contributed by atoms with Gasteiger partial charge in [-0.2, -0.15) is 0 Å². The molecule has 0 fully saturated rings. The molecule has 0 radical (unpaired) electrons. The van der Waals surface area contributed by atoms with Crippen LogP contribution in [0.4, 0.5) is 22.7 Å². The Morgan fingerprint density at radius 3 is 2.26 bits per heavy atom. The van der Waals surface area contributed by atoms with Crippen molar-refractivity contribution in [2.24, 2.45) is 4.99 Å². The van der Waals surface area contributed by atoms with E-state index in [4.69, 9.17) is 23.7 Å².